The van der Waals surface area contributed by atoms with E-state index in [1.165, 1.54) is 0 Å². The largest absolute Gasteiger partial charge is 0.396 e. The first-order valence-electron chi connectivity index (χ1n) is 6.79. The molecule has 1 heterocycles. The molecule has 0 unspecified atom stereocenters. The number of carbonyl (C=O) groups excluding carboxylic acids is 1. The summed E-state index contributed by atoms with van der Waals surface area (Å²) in [6, 6.07) is 2.07. The molecule has 1 aliphatic heterocycles. The highest BCUT2D eigenvalue weighted by molar-refractivity contribution is 5.95. The zero-order valence-electron chi connectivity index (χ0n) is 11.5. The summed E-state index contributed by atoms with van der Waals surface area (Å²) in [6.07, 6.45) is 1.57. The standard InChI is InChI=1S/C14H19F2N3O/c1-2-19-7-5-9(6-8-19)18-14(20)12-10(15)3-4-11(17)13(12)16/h3-4,9H,2,5-8,17H2,1H3,(H,18,20). The van der Waals surface area contributed by atoms with Crippen molar-refractivity contribution in [1.82, 2.24) is 10.2 Å². The van der Waals surface area contributed by atoms with Crippen LogP contribution in [0.2, 0.25) is 0 Å². The lowest BCUT2D eigenvalue weighted by Gasteiger charge is -2.31. The topological polar surface area (TPSA) is 58.4 Å². The highest BCUT2D eigenvalue weighted by Gasteiger charge is 2.24. The van der Waals surface area contributed by atoms with Gasteiger partial charge in [0.25, 0.3) is 5.91 Å². The van der Waals surface area contributed by atoms with E-state index in [0.29, 0.717) is 0 Å². The van der Waals surface area contributed by atoms with Crippen LogP contribution in [0.25, 0.3) is 0 Å². The molecule has 3 N–H and O–H groups in total. The van der Waals surface area contributed by atoms with E-state index in [2.05, 4.69) is 17.1 Å². The van der Waals surface area contributed by atoms with Crippen molar-refractivity contribution in [3.8, 4) is 0 Å². The number of amides is 1. The quantitative estimate of drug-likeness (QED) is 0.831. The van der Waals surface area contributed by atoms with E-state index in [4.69, 9.17) is 5.73 Å². The third-order valence-corrected chi connectivity index (χ3v) is 3.72. The number of carbonyl (C=O) groups is 1. The lowest BCUT2D eigenvalue weighted by molar-refractivity contribution is 0.0904. The van der Waals surface area contributed by atoms with Crippen molar-refractivity contribution in [2.75, 3.05) is 25.4 Å². The molecule has 1 aromatic carbocycles. The molecule has 2 rings (SSSR count). The van der Waals surface area contributed by atoms with Crippen LogP contribution in [0.5, 0.6) is 0 Å². The fraction of sp³-hybridized carbons (Fsp3) is 0.500. The van der Waals surface area contributed by atoms with Crippen molar-refractivity contribution in [2.24, 2.45) is 0 Å². The monoisotopic (exact) mass is 283 g/mol. The number of nitrogen functional groups attached to an aromatic ring is 1. The molecule has 0 aliphatic carbocycles. The minimum atomic E-state index is -0.992. The van der Waals surface area contributed by atoms with Gasteiger partial charge in [-0.25, -0.2) is 8.78 Å². The summed E-state index contributed by atoms with van der Waals surface area (Å²) >= 11 is 0. The third-order valence-electron chi connectivity index (χ3n) is 3.72. The van der Waals surface area contributed by atoms with Crippen LogP contribution in [0.1, 0.15) is 30.1 Å². The van der Waals surface area contributed by atoms with Crippen molar-refractivity contribution in [2.45, 2.75) is 25.8 Å². The molecule has 0 spiro atoms. The molecule has 0 saturated carbocycles. The average Bonchev–Trinajstić information content (AvgIpc) is 2.44. The second-order valence-electron chi connectivity index (χ2n) is 5.01. The van der Waals surface area contributed by atoms with Crippen LogP contribution in [0.3, 0.4) is 0 Å². The fourth-order valence-corrected chi connectivity index (χ4v) is 2.43. The number of nitrogens with two attached hydrogens (primary N) is 1. The highest BCUT2D eigenvalue weighted by Crippen LogP contribution is 2.19. The van der Waals surface area contributed by atoms with Crippen LogP contribution >= 0.6 is 0 Å². The summed E-state index contributed by atoms with van der Waals surface area (Å²) in [6.45, 7) is 4.81. The Morgan fingerprint density at radius 3 is 2.65 bits per heavy atom. The second kappa shape index (κ2) is 6.17. The van der Waals surface area contributed by atoms with Gasteiger partial charge < -0.3 is 16.0 Å². The van der Waals surface area contributed by atoms with Crippen molar-refractivity contribution in [3.63, 3.8) is 0 Å². The van der Waals surface area contributed by atoms with Gasteiger partial charge in [-0.15, -0.1) is 0 Å². The molecular weight excluding hydrogens is 264 g/mol. The number of benzene rings is 1. The Morgan fingerprint density at radius 1 is 1.40 bits per heavy atom. The normalized spacial score (nSPS) is 17.1. The highest BCUT2D eigenvalue weighted by atomic mass is 19.1. The van der Waals surface area contributed by atoms with Gasteiger partial charge in [0, 0.05) is 19.1 Å². The summed E-state index contributed by atoms with van der Waals surface area (Å²) in [7, 11) is 0. The van der Waals surface area contributed by atoms with E-state index in [-0.39, 0.29) is 11.7 Å². The van der Waals surface area contributed by atoms with Gasteiger partial charge in [0.15, 0.2) is 5.82 Å². The van der Waals surface area contributed by atoms with E-state index < -0.39 is 23.1 Å². The summed E-state index contributed by atoms with van der Waals surface area (Å²) < 4.78 is 27.3. The van der Waals surface area contributed by atoms with Crippen molar-refractivity contribution in [3.05, 3.63) is 29.3 Å². The molecule has 0 aromatic heterocycles. The molecule has 0 bridgehead atoms. The number of piperidine rings is 1. The maximum absolute atomic E-state index is 13.7. The molecule has 1 amide bonds. The van der Waals surface area contributed by atoms with Gasteiger partial charge in [-0.3, -0.25) is 4.79 Å². The number of nitrogens with zero attached hydrogens (tertiary/aromatic N) is 1. The molecule has 4 nitrogen and oxygen atoms in total. The van der Waals surface area contributed by atoms with Crippen molar-refractivity contribution < 1.29 is 13.6 Å². The zero-order valence-corrected chi connectivity index (χ0v) is 11.5. The van der Waals surface area contributed by atoms with E-state index in [1.807, 2.05) is 0 Å². The smallest absolute Gasteiger partial charge is 0.257 e. The second-order valence-corrected chi connectivity index (χ2v) is 5.01. The van der Waals surface area contributed by atoms with Crippen LogP contribution in [0, 0.1) is 11.6 Å². The van der Waals surface area contributed by atoms with Gasteiger partial charge in [-0.1, -0.05) is 6.92 Å². The van der Waals surface area contributed by atoms with E-state index in [9.17, 15) is 13.6 Å². The predicted molar refractivity (Wildman–Crippen MR) is 73.4 cm³/mol. The fourth-order valence-electron chi connectivity index (χ4n) is 2.43. The predicted octanol–water partition coefficient (Wildman–Crippen LogP) is 1.76. The molecular formula is C14H19F2N3O. The summed E-state index contributed by atoms with van der Waals surface area (Å²) in [5.74, 6) is -2.61. The van der Waals surface area contributed by atoms with Gasteiger partial charge in [-0.05, 0) is 31.5 Å². The van der Waals surface area contributed by atoms with Crippen molar-refractivity contribution in [1.29, 1.82) is 0 Å². The number of nitrogens with one attached hydrogen (secondary N) is 1. The van der Waals surface area contributed by atoms with Gasteiger partial charge in [0.2, 0.25) is 0 Å². The Bertz CT molecular complexity index is 499. The first-order valence-corrected chi connectivity index (χ1v) is 6.79. The Hall–Kier alpha value is -1.69. The Balaban J connectivity index is 2.04. The van der Waals surface area contributed by atoms with E-state index in [0.717, 1.165) is 44.6 Å². The van der Waals surface area contributed by atoms with Crippen LogP contribution in [-0.4, -0.2) is 36.5 Å². The molecule has 20 heavy (non-hydrogen) atoms. The van der Waals surface area contributed by atoms with Crippen LogP contribution in [0.4, 0.5) is 14.5 Å². The molecule has 0 atom stereocenters. The molecule has 1 aliphatic rings. The number of halogens is 2. The summed E-state index contributed by atoms with van der Waals surface area (Å²) in [4.78, 5) is 14.3. The number of rotatable bonds is 3. The molecule has 6 heteroatoms. The Morgan fingerprint density at radius 2 is 2.05 bits per heavy atom. The number of hydrogen-bond acceptors (Lipinski definition) is 3. The molecule has 1 saturated heterocycles. The Labute approximate surface area is 116 Å². The molecule has 1 aromatic rings. The average molecular weight is 283 g/mol. The van der Waals surface area contributed by atoms with Crippen LogP contribution in [-0.2, 0) is 0 Å². The lowest BCUT2D eigenvalue weighted by Crippen LogP contribution is -2.44. The SMILES string of the molecule is CCN1CCC(NC(=O)c2c(F)ccc(N)c2F)CC1. The molecule has 1 fully saturated rings. The minimum absolute atomic E-state index is 0.0504. The maximum Gasteiger partial charge on any atom is 0.257 e. The van der Waals surface area contributed by atoms with Gasteiger partial charge in [0.1, 0.15) is 11.4 Å². The first kappa shape index (κ1) is 14.7. The number of anilines is 1. The van der Waals surface area contributed by atoms with E-state index in [1.54, 1.807) is 0 Å². The molecule has 110 valence electrons. The van der Waals surface area contributed by atoms with Gasteiger partial charge in [0.05, 0.1) is 5.69 Å². The van der Waals surface area contributed by atoms with Gasteiger partial charge >= 0.3 is 0 Å². The lowest BCUT2D eigenvalue weighted by atomic mass is 10.0. The molecule has 0 radical (unpaired) electrons. The van der Waals surface area contributed by atoms with Gasteiger partial charge in [-0.2, -0.15) is 0 Å². The number of likely N-dealkylation sites (tertiary alicyclic amines) is 1. The number of hydrogen-bond donors (Lipinski definition) is 2. The van der Waals surface area contributed by atoms with Crippen LogP contribution < -0.4 is 11.1 Å². The minimum Gasteiger partial charge on any atom is -0.396 e. The zero-order chi connectivity index (χ0) is 14.7. The third kappa shape index (κ3) is 3.07. The summed E-state index contributed by atoms with van der Waals surface area (Å²) in [5.41, 5.74) is 4.55. The maximum atomic E-state index is 13.7. The van der Waals surface area contributed by atoms with Crippen LogP contribution in [0.15, 0.2) is 12.1 Å². The Kier molecular flexibility index (Phi) is 4.54. The summed E-state index contributed by atoms with van der Waals surface area (Å²) in [5, 5.41) is 2.69. The van der Waals surface area contributed by atoms with Crippen molar-refractivity contribution >= 4 is 11.6 Å². The first-order chi connectivity index (χ1) is 9.52. The van der Waals surface area contributed by atoms with E-state index >= 15 is 0 Å².